The van der Waals surface area contributed by atoms with Gasteiger partial charge in [0.15, 0.2) is 22.9 Å². The topological polar surface area (TPSA) is 173 Å². The molecule has 3 aromatic rings. The number of hydrogen-bond donors (Lipinski definition) is 3. The van der Waals surface area contributed by atoms with Crippen molar-refractivity contribution in [2.75, 3.05) is 42.3 Å². The molecular weight excluding hydrogens is 488 g/mol. The molecule has 1 aromatic carbocycles. The molecule has 1 amide bonds. The summed E-state index contributed by atoms with van der Waals surface area (Å²) in [6, 6.07) is 6.58. The number of halogens is 1. The zero-order chi connectivity index (χ0) is 25.8. The zero-order valence-corrected chi connectivity index (χ0v) is 20.1. The quantitative estimate of drug-likeness (QED) is 0.445. The summed E-state index contributed by atoms with van der Waals surface area (Å²) in [5.41, 5.74) is 1.71. The normalized spacial score (nSPS) is 15.2. The van der Waals surface area contributed by atoms with Crippen LogP contribution >= 0.6 is 11.6 Å². The Morgan fingerprint density at radius 3 is 2.81 bits per heavy atom. The number of nitriles is 2. The van der Waals surface area contributed by atoms with Gasteiger partial charge in [0.2, 0.25) is 5.95 Å². The maximum absolute atomic E-state index is 12.6. The van der Waals surface area contributed by atoms with Crippen molar-refractivity contribution in [2.24, 2.45) is 0 Å². The molecule has 14 heteroatoms. The Morgan fingerprint density at radius 2 is 2.14 bits per heavy atom. The van der Waals surface area contributed by atoms with Crippen LogP contribution in [0.2, 0.25) is 5.02 Å². The first-order chi connectivity index (χ1) is 17.4. The predicted octanol–water partition coefficient (Wildman–Crippen LogP) is 2.20. The minimum Gasteiger partial charge on any atom is -0.453 e. The van der Waals surface area contributed by atoms with Crippen LogP contribution in [-0.4, -0.2) is 64.2 Å². The van der Waals surface area contributed by atoms with Gasteiger partial charge in [-0.3, -0.25) is 4.79 Å². The van der Waals surface area contributed by atoms with Crippen LogP contribution < -0.4 is 20.9 Å². The maximum Gasteiger partial charge on any atom is 0.407 e. The number of ketones is 1. The van der Waals surface area contributed by atoms with Crippen LogP contribution in [0.1, 0.15) is 24.6 Å². The minimum absolute atomic E-state index is 0.0176. The number of anilines is 4. The lowest BCUT2D eigenvalue weighted by Crippen LogP contribution is -2.51. The largest absolute Gasteiger partial charge is 0.453 e. The number of nitrogens with one attached hydrogen (secondary N) is 3. The number of piperidine rings is 1. The van der Waals surface area contributed by atoms with Crippen LogP contribution in [0.25, 0.3) is 5.65 Å². The highest BCUT2D eigenvalue weighted by molar-refractivity contribution is 6.36. The van der Waals surface area contributed by atoms with Crippen LogP contribution in [0.5, 0.6) is 0 Å². The van der Waals surface area contributed by atoms with Crippen LogP contribution in [0, 0.1) is 22.7 Å². The average Bonchev–Trinajstić information content (AvgIpc) is 3.30. The highest BCUT2D eigenvalue weighted by Gasteiger charge is 2.30. The Balaban J connectivity index is 1.67. The molecule has 3 heterocycles. The van der Waals surface area contributed by atoms with E-state index in [1.807, 2.05) is 13.0 Å². The van der Waals surface area contributed by atoms with Gasteiger partial charge in [-0.15, -0.1) is 5.10 Å². The van der Waals surface area contributed by atoms with Gasteiger partial charge in [-0.1, -0.05) is 11.6 Å². The van der Waals surface area contributed by atoms with E-state index < -0.39 is 12.1 Å². The number of rotatable bonds is 6. The van der Waals surface area contributed by atoms with Gasteiger partial charge in [-0.25, -0.2) is 9.78 Å². The summed E-state index contributed by atoms with van der Waals surface area (Å²) in [7, 11) is 1.23. The van der Waals surface area contributed by atoms with Crippen LogP contribution in [0.4, 0.5) is 27.9 Å². The standard InChI is InChI=1S/C22H21ClN10O3/c1-3-26-19-20-27-10-13(9-25)33(20)31-21(30-19)28-15-6-12(8-24)7-16(18(15)23)32-5-4-14(17(34)11-32)29-22(35)36-2/h6-7,10,14H,3-5,11H2,1-2H3,(H,29,35)(H2,26,28,30,31)/t14-/m1/s1. The third-order valence-electron chi connectivity index (χ3n) is 5.49. The van der Waals surface area contributed by atoms with Crippen molar-refractivity contribution in [3.8, 4) is 12.1 Å². The van der Waals surface area contributed by atoms with Gasteiger partial charge in [0, 0.05) is 13.1 Å². The number of ether oxygens (including phenoxy) is 1. The van der Waals surface area contributed by atoms with Crippen molar-refractivity contribution < 1.29 is 14.3 Å². The summed E-state index contributed by atoms with van der Waals surface area (Å²) in [5, 5.41) is 32.2. The van der Waals surface area contributed by atoms with Gasteiger partial charge < -0.3 is 25.6 Å². The van der Waals surface area contributed by atoms with Gasteiger partial charge in [0.1, 0.15) is 6.07 Å². The lowest BCUT2D eigenvalue weighted by atomic mass is 10.0. The second kappa shape index (κ2) is 10.3. The lowest BCUT2D eigenvalue weighted by Gasteiger charge is -2.33. The van der Waals surface area contributed by atoms with Gasteiger partial charge >= 0.3 is 6.09 Å². The SMILES string of the molecule is CCNc1nc(Nc2cc(C#N)cc(N3CC[C@@H](NC(=O)OC)C(=O)C3)c2Cl)nn2c(C#N)cnc12. The molecule has 0 aliphatic carbocycles. The molecule has 0 bridgehead atoms. The molecule has 0 unspecified atom stereocenters. The monoisotopic (exact) mass is 508 g/mol. The van der Waals surface area contributed by atoms with Gasteiger partial charge in [-0.2, -0.15) is 20.0 Å². The number of methoxy groups -OCH3 is 1. The summed E-state index contributed by atoms with van der Waals surface area (Å²) in [6.45, 7) is 2.84. The Kier molecular flexibility index (Phi) is 7.03. The number of aromatic nitrogens is 4. The molecule has 3 N–H and O–H groups in total. The van der Waals surface area contributed by atoms with Crippen molar-refractivity contribution in [2.45, 2.75) is 19.4 Å². The van der Waals surface area contributed by atoms with Crippen LogP contribution in [0.15, 0.2) is 18.3 Å². The molecule has 36 heavy (non-hydrogen) atoms. The summed E-state index contributed by atoms with van der Waals surface area (Å²) in [4.78, 5) is 34.5. The van der Waals surface area contributed by atoms with E-state index in [1.54, 1.807) is 17.0 Å². The van der Waals surface area contributed by atoms with E-state index in [0.717, 1.165) is 0 Å². The molecule has 1 atom stereocenters. The first-order valence-electron chi connectivity index (χ1n) is 10.9. The molecule has 184 valence electrons. The predicted molar refractivity (Wildman–Crippen MR) is 130 cm³/mol. The molecule has 0 spiro atoms. The second-order valence-electron chi connectivity index (χ2n) is 7.76. The fraction of sp³-hybridized carbons (Fsp3) is 0.318. The number of benzene rings is 1. The number of amides is 1. The van der Waals surface area contributed by atoms with Gasteiger partial charge in [0.05, 0.1) is 53.9 Å². The van der Waals surface area contributed by atoms with Crippen molar-refractivity contribution in [1.29, 1.82) is 10.5 Å². The van der Waals surface area contributed by atoms with E-state index in [-0.39, 0.29) is 29.0 Å². The molecule has 0 radical (unpaired) electrons. The lowest BCUT2D eigenvalue weighted by molar-refractivity contribution is -0.120. The van der Waals surface area contributed by atoms with Crippen molar-refractivity contribution in [3.63, 3.8) is 0 Å². The minimum atomic E-state index is -0.677. The fourth-order valence-corrected chi connectivity index (χ4v) is 4.07. The van der Waals surface area contributed by atoms with Crippen molar-refractivity contribution in [3.05, 3.63) is 34.6 Å². The Labute approximate surface area is 210 Å². The van der Waals surface area contributed by atoms with E-state index in [2.05, 4.69) is 41.8 Å². The van der Waals surface area contributed by atoms with Crippen LogP contribution in [-0.2, 0) is 9.53 Å². The Bertz CT molecular complexity index is 1420. The number of imidazole rings is 1. The third kappa shape index (κ3) is 4.78. The van der Waals surface area contributed by atoms with E-state index >= 15 is 0 Å². The van der Waals surface area contributed by atoms with Crippen molar-refractivity contribution >= 4 is 52.3 Å². The molecule has 2 aromatic heterocycles. The highest BCUT2D eigenvalue weighted by Crippen LogP contribution is 2.37. The molecule has 4 rings (SSSR count). The molecule has 1 aliphatic heterocycles. The zero-order valence-electron chi connectivity index (χ0n) is 19.4. The fourth-order valence-electron chi connectivity index (χ4n) is 3.79. The summed E-state index contributed by atoms with van der Waals surface area (Å²) >= 11 is 6.71. The number of alkyl carbamates (subject to hydrolysis) is 1. The number of hydrogen-bond acceptors (Lipinski definition) is 11. The number of carbonyl (C=O) groups is 2. The van der Waals surface area contributed by atoms with E-state index in [9.17, 15) is 20.1 Å². The first-order valence-corrected chi connectivity index (χ1v) is 11.3. The number of Topliss-reactive ketones (excluding diaryl/α,β-unsaturated/α-hetero) is 1. The number of nitrogens with zero attached hydrogens (tertiary/aromatic N) is 7. The maximum atomic E-state index is 12.6. The summed E-state index contributed by atoms with van der Waals surface area (Å²) < 4.78 is 5.93. The number of fused-ring (bicyclic) bond motifs is 1. The van der Waals surface area contributed by atoms with Crippen molar-refractivity contribution in [1.82, 2.24) is 24.9 Å². The summed E-state index contributed by atoms with van der Waals surface area (Å²) in [6.07, 6.45) is 1.06. The summed E-state index contributed by atoms with van der Waals surface area (Å²) in [5.74, 6) is 0.316. The van der Waals surface area contributed by atoms with Gasteiger partial charge in [0.25, 0.3) is 0 Å². The highest BCUT2D eigenvalue weighted by atomic mass is 35.5. The molecular formula is C22H21ClN10O3. The number of carbonyl (C=O) groups excluding carboxylic acids is 2. The average molecular weight is 509 g/mol. The first kappa shape index (κ1) is 24.5. The van der Waals surface area contributed by atoms with Crippen LogP contribution in [0.3, 0.4) is 0 Å². The van der Waals surface area contributed by atoms with E-state index in [4.69, 9.17) is 11.6 Å². The van der Waals surface area contributed by atoms with E-state index in [1.165, 1.54) is 17.8 Å². The molecule has 1 aliphatic rings. The Morgan fingerprint density at radius 1 is 1.33 bits per heavy atom. The molecule has 1 fully saturated rings. The molecule has 13 nitrogen and oxygen atoms in total. The molecule has 1 saturated heterocycles. The Hall–Kier alpha value is -4.62. The smallest absolute Gasteiger partial charge is 0.407 e. The van der Waals surface area contributed by atoms with Gasteiger partial charge in [-0.05, 0) is 25.5 Å². The molecule has 0 saturated carbocycles. The van der Waals surface area contributed by atoms with E-state index in [0.29, 0.717) is 47.9 Å². The second-order valence-corrected chi connectivity index (χ2v) is 8.14. The third-order valence-corrected chi connectivity index (χ3v) is 5.89.